The number of fused-ring (bicyclic) bond motifs is 1. The quantitative estimate of drug-likeness (QED) is 0.765. The molecule has 0 saturated carbocycles. The van der Waals surface area contributed by atoms with E-state index < -0.39 is 0 Å². The fourth-order valence-corrected chi connectivity index (χ4v) is 5.35. The highest BCUT2D eigenvalue weighted by atomic mass is 16.2. The standard InChI is InChI=1S/C25H31N5O2/c31-24(29-12-10-28(11-13-29)18-19-4-3-7-26-17-19)16-23-25(32)27-8-9-30(23)22-14-20-5-1-2-6-21(20)15-22/h1-7,17,22-23H,8-16,18H2,(H,27,32). The fraction of sp³-hybridized carbons (Fsp3) is 0.480. The van der Waals surface area contributed by atoms with Crippen LogP contribution in [0.4, 0.5) is 0 Å². The average Bonchev–Trinajstić information content (AvgIpc) is 3.25. The zero-order valence-corrected chi connectivity index (χ0v) is 18.4. The Labute approximate surface area is 189 Å². The van der Waals surface area contributed by atoms with E-state index in [1.807, 2.05) is 17.2 Å². The summed E-state index contributed by atoms with van der Waals surface area (Å²) in [7, 11) is 0. The first kappa shape index (κ1) is 21.1. The molecule has 168 valence electrons. The van der Waals surface area contributed by atoms with Gasteiger partial charge in [-0.25, -0.2) is 0 Å². The molecule has 7 heteroatoms. The molecule has 1 aliphatic carbocycles. The Balaban J connectivity index is 1.18. The van der Waals surface area contributed by atoms with E-state index >= 15 is 0 Å². The van der Waals surface area contributed by atoms with Crippen molar-refractivity contribution >= 4 is 11.8 Å². The van der Waals surface area contributed by atoms with Gasteiger partial charge in [0.1, 0.15) is 0 Å². The van der Waals surface area contributed by atoms with E-state index in [9.17, 15) is 9.59 Å². The lowest BCUT2D eigenvalue weighted by Crippen LogP contribution is -2.60. The van der Waals surface area contributed by atoms with E-state index in [0.717, 1.165) is 39.0 Å². The molecule has 0 spiro atoms. The van der Waals surface area contributed by atoms with Gasteiger partial charge in [0, 0.05) is 64.2 Å². The zero-order chi connectivity index (χ0) is 21.9. The van der Waals surface area contributed by atoms with Gasteiger partial charge in [0.05, 0.1) is 12.5 Å². The molecule has 2 fully saturated rings. The summed E-state index contributed by atoms with van der Waals surface area (Å²) in [5.74, 6) is 0.0874. The minimum Gasteiger partial charge on any atom is -0.353 e. The van der Waals surface area contributed by atoms with E-state index in [0.29, 0.717) is 25.7 Å². The fourth-order valence-electron chi connectivity index (χ4n) is 5.35. The number of amides is 2. The summed E-state index contributed by atoms with van der Waals surface area (Å²) in [5, 5.41) is 2.98. The van der Waals surface area contributed by atoms with Gasteiger partial charge in [0.25, 0.3) is 0 Å². The van der Waals surface area contributed by atoms with Crippen LogP contribution < -0.4 is 5.32 Å². The van der Waals surface area contributed by atoms with Crippen LogP contribution in [0.3, 0.4) is 0 Å². The van der Waals surface area contributed by atoms with E-state index in [4.69, 9.17) is 0 Å². The molecular weight excluding hydrogens is 402 g/mol. The Morgan fingerprint density at radius 3 is 2.44 bits per heavy atom. The number of pyridine rings is 1. The molecule has 7 nitrogen and oxygen atoms in total. The van der Waals surface area contributed by atoms with Crippen LogP contribution in [0.2, 0.25) is 0 Å². The first-order valence-electron chi connectivity index (χ1n) is 11.7. The first-order valence-corrected chi connectivity index (χ1v) is 11.7. The molecule has 3 heterocycles. The van der Waals surface area contributed by atoms with Crippen molar-refractivity contribution in [3.63, 3.8) is 0 Å². The normalized spacial score (nSPS) is 22.6. The molecule has 1 aromatic heterocycles. The lowest BCUT2D eigenvalue weighted by Gasteiger charge is -2.40. The van der Waals surface area contributed by atoms with Crippen LogP contribution in [-0.2, 0) is 29.0 Å². The molecule has 2 aliphatic heterocycles. The Hall–Kier alpha value is -2.77. The average molecular weight is 434 g/mol. The first-order chi connectivity index (χ1) is 15.7. The van der Waals surface area contributed by atoms with Crippen molar-refractivity contribution in [2.45, 2.75) is 37.9 Å². The number of nitrogens with one attached hydrogen (secondary N) is 1. The third kappa shape index (κ3) is 4.54. The predicted molar refractivity (Wildman–Crippen MR) is 122 cm³/mol. The largest absolute Gasteiger partial charge is 0.353 e. The maximum Gasteiger partial charge on any atom is 0.237 e. The van der Waals surface area contributed by atoms with Crippen LogP contribution in [0.15, 0.2) is 48.8 Å². The number of hydrogen-bond donors (Lipinski definition) is 1. The van der Waals surface area contributed by atoms with Gasteiger partial charge in [0.2, 0.25) is 11.8 Å². The van der Waals surface area contributed by atoms with Crippen LogP contribution in [0.25, 0.3) is 0 Å². The van der Waals surface area contributed by atoms with E-state index in [-0.39, 0.29) is 24.3 Å². The van der Waals surface area contributed by atoms with Crippen molar-refractivity contribution in [1.29, 1.82) is 0 Å². The number of carbonyl (C=O) groups is 2. The highest BCUT2D eigenvalue weighted by molar-refractivity contribution is 5.89. The maximum atomic E-state index is 13.1. The SMILES string of the molecule is O=C1NCCN(C2Cc3ccccc3C2)C1CC(=O)N1CCN(Cc2cccnc2)CC1. The summed E-state index contributed by atoms with van der Waals surface area (Å²) in [6.45, 7) is 5.43. The molecule has 1 N–H and O–H groups in total. The third-order valence-electron chi connectivity index (χ3n) is 7.09. The number of nitrogens with zero attached hydrogens (tertiary/aromatic N) is 4. The zero-order valence-electron chi connectivity index (χ0n) is 18.4. The monoisotopic (exact) mass is 433 g/mol. The molecule has 2 saturated heterocycles. The summed E-state index contributed by atoms with van der Waals surface area (Å²) in [6.07, 6.45) is 5.87. The number of rotatable bonds is 5. The van der Waals surface area contributed by atoms with Gasteiger partial charge in [-0.15, -0.1) is 0 Å². The van der Waals surface area contributed by atoms with Crippen molar-refractivity contribution in [2.75, 3.05) is 39.3 Å². The summed E-state index contributed by atoms with van der Waals surface area (Å²) < 4.78 is 0. The van der Waals surface area contributed by atoms with Crippen molar-refractivity contribution in [1.82, 2.24) is 25.0 Å². The molecule has 2 aromatic rings. The second-order valence-electron chi connectivity index (χ2n) is 9.10. The Bertz CT molecular complexity index is 933. The van der Waals surface area contributed by atoms with Crippen molar-refractivity contribution < 1.29 is 9.59 Å². The smallest absolute Gasteiger partial charge is 0.237 e. The minimum atomic E-state index is -0.371. The number of hydrogen-bond acceptors (Lipinski definition) is 5. The van der Waals surface area contributed by atoms with Gasteiger partial charge in [-0.2, -0.15) is 0 Å². The maximum absolute atomic E-state index is 13.1. The van der Waals surface area contributed by atoms with Crippen LogP contribution in [-0.4, -0.2) is 82.9 Å². The highest BCUT2D eigenvalue weighted by Gasteiger charge is 2.39. The molecule has 32 heavy (non-hydrogen) atoms. The molecule has 1 atom stereocenters. The second kappa shape index (κ2) is 9.38. The second-order valence-corrected chi connectivity index (χ2v) is 9.10. The number of piperazine rings is 2. The molecule has 0 radical (unpaired) electrons. The Kier molecular flexibility index (Phi) is 6.19. The third-order valence-corrected chi connectivity index (χ3v) is 7.09. The van der Waals surface area contributed by atoms with Gasteiger partial charge in [-0.1, -0.05) is 30.3 Å². The number of carbonyl (C=O) groups excluding carboxylic acids is 2. The van der Waals surface area contributed by atoms with Crippen molar-refractivity contribution in [3.05, 3.63) is 65.5 Å². The number of aromatic nitrogens is 1. The molecule has 5 rings (SSSR count). The highest BCUT2D eigenvalue weighted by Crippen LogP contribution is 2.28. The Morgan fingerprint density at radius 2 is 1.75 bits per heavy atom. The Morgan fingerprint density at radius 1 is 1.00 bits per heavy atom. The van der Waals surface area contributed by atoms with E-state index in [1.54, 1.807) is 6.20 Å². The predicted octanol–water partition coefficient (Wildman–Crippen LogP) is 1.08. The lowest BCUT2D eigenvalue weighted by molar-refractivity contribution is -0.140. The summed E-state index contributed by atoms with van der Waals surface area (Å²) in [6, 6.07) is 12.5. The summed E-state index contributed by atoms with van der Waals surface area (Å²) in [4.78, 5) is 36.7. The topological polar surface area (TPSA) is 68.8 Å². The van der Waals surface area contributed by atoms with E-state index in [1.165, 1.54) is 16.7 Å². The molecule has 1 unspecified atom stereocenters. The lowest BCUT2D eigenvalue weighted by atomic mass is 10.0. The van der Waals surface area contributed by atoms with Gasteiger partial charge < -0.3 is 10.2 Å². The van der Waals surface area contributed by atoms with Crippen LogP contribution in [0, 0.1) is 0 Å². The van der Waals surface area contributed by atoms with E-state index in [2.05, 4.69) is 50.4 Å². The van der Waals surface area contributed by atoms with Gasteiger partial charge in [-0.3, -0.25) is 24.4 Å². The minimum absolute atomic E-state index is 0.00392. The van der Waals surface area contributed by atoms with Gasteiger partial charge in [-0.05, 0) is 35.6 Å². The molecular formula is C25H31N5O2. The molecule has 1 aromatic carbocycles. The van der Waals surface area contributed by atoms with Crippen molar-refractivity contribution in [3.8, 4) is 0 Å². The van der Waals surface area contributed by atoms with Crippen LogP contribution in [0.1, 0.15) is 23.1 Å². The molecule has 3 aliphatic rings. The molecule has 0 bridgehead atoms. The van der Waals surface area contributed by atoms with Crippen LogP contribution in [0.5, 0.6) is 0 Å². The number of benzene rings is 1. The van der Waals surface area contributed by atoms with Gasteiger partial charge >= 0.3 is 0 Å². The summed E-state index contributed by atoms with van der Waals surface area (Å²) >= 11 is 0. The summed E-state index contributed by atoms with van der Waals surface area (Å²) in [5.41, 5.74) is 3.94. The van der Waals surface area contributed by atoms with Crippen LogP contribution >= 0.6 is 0 Å². The van der Waals surface area contributed by atoms with Gasteiger partial charge in [0.15, 0.2) is 0 Å². The molecule has 2 amide bonds. The van der Waals surface area contributed by atoms with Crippen molar-refractivity contribution in [2.24, 2.45) is 0 Å².